The molecule has 0 aromatic heterocycles. The van der Waals surface area contributed by atoms with Crippen molar-refractivity contribution >= 4 is 40.9 Å². The third-order valence-corrected chi connectivity index (χ3v) is 6.58. The minimum atomic E-state index is -0.875. The number of hydrogen-bond acceptors (Lipinski definition) is 7. The van der Waals surface area contributed by atoms with Gasteiger partial charge in [-0.05, 0) is 65.6 Å². The fraction of sp³-hybridized carbons (Fsp3) is 0.850. The molecule has 7 nitrogen and oxygen atoms in total. The highest BCUT2D eigenvalue weighted by Crippen LogP contribution is 2.37. The molecule has 0 aromatic carbocycles. The fourth-order valence-corrected chi connectivity index (χ4v) is 5.67. The average molecular weight is 450 g/mol. The number of likely N-dealkylation sites (tertiary alicyclic amines) is 1. The van der Waals surface area contributed by atoms with Crippen LogP contribution in [0.4, 0.5) is 9.59 Å². The Labute approximate surface area is 182 Å². The highest BCUT2D eigenvalue weighted by atomic mass is 32.2. The van der Waals surface area contributed by atoms with Gasteiger partial charge in [0.05, 0.1) is 0 Å². The van der Waals surface area contributed by atoms with Crippen molar-refractivity contribution in [2.45, 2.75) is 88.8 Å². The molecule has 1 fully saturated rings. The SMILES string of the molecule is CC(C)C[C@@H](SC1CN(C(=O)OC(C)(C)C)C[C@@H]1SC(=O)OC(C)(C)C)C(=O)O. The minimum Gasteiger partial charge on any atom is -0.480 e. The first-order chi connectivity index (χ1) is 13.1. The second-order valence-corrected chi connectivity index (χ2v) is 12.3. The lowest BCUT2D eigenvalue weighted by molar-refractivity contribution is -0.136. The van der Waals surface area contributed by atoms with Crippen molar-refractivity contribution in [1.82, 2.24) is 4.90 Å². The van der Waals surface area contributed by atoms with E-state index in [0.29, 0.717) is 19.5 Å². The summed E-state index contributed by atoms with van der Waals surface area (Å²) in [6.07, 6.45) is 0.0679. The summed E-state index contributed by atoms with van der Waals surface area (Å²) in [5, 5.41) is 8.11. The maximum absolute atomic E-state index is 12.5. The van der Waals surface area contributed by atoms with Gasteiger partial charge in [-0.1, -0.05) is 13.8 Å². The van der Waals surface area contributed by atoms with E-state index in [-0.39, 0.29) is 16.4 Å². The molecule has 1 N–H and O–H groups in total. The van der Waals surface area contributed by atoms with Crippen LogP contribution in [-0.2, 0) is 14.3 Å². The van der Waals surface area contributed by atoms with Gasteiger partial charge in [0, 0.05) is 23.6 Å². The van der Waals surface area contributed by atoms with E-state index in [1.807, 2.05) is 13.8 Å². The Balaban J connectivity index is 2.94. The van der Waals surface area contributed by atoms with Crippen LogP contribution in [0, 0.1) is 5.92 Å². The molecule has 9 heteroatoms. The minimum absolute atomic E-state index is 0.208. The molecule has 29 heavy (non-hydrogen) atoms. The predicted octanol–water partition coefficient (Wildman–Crippen LogP) is 4.88. The molecule has 0 radical (unpaired) electrons. The normalized spacial score (nSPS) is 21.2. The maximum Gasteiger partial charge on any atom is 0.410 e. The smallest absolute Gasteiger partial charge is 0.410 e. The van der Waals surface area contributed by atoms with Gasteiger partial charge in [0.25, 0.3) is 0 Å². The Kier molecular flexibility index (Phi) is 9.20. The zero-order chi connectivity index (χ0) is 22.6. The molecule has 1 amide bonds. The maximum atomic E-state index is 12.5. The fourth-order valence-electron chi connectivity index (χ4n) is 2.71. The number of carboxylic acid groups (broad SMARTS) is 1. The Morgan fingerprint density at radius 2 is 1.52 bits per heavy atom. The lowest BCUT2D eigenvalue weighted by Gasteiger charge is -2.24. The molecular weight excluding hydrogens is 414 g/mol. The number of aliphatic carboxylic acids is 1. The quantitative estimate of drug-likeness (QED) is 0.574. The number of ether oxygens (including phenoxy) is 2. The summed E-state index contributed by atoms with van der Waals surface area (Å²) in [5.41, 5.74) is -1.24. The topological polar surface area (TPSA) is 93.1 Å². The van der Waals surface area contributed by atoms with E-state index >= 15 is 0 Å². The van der Waals surface area contributed by atoms with Crippen LogP contribution in [0.2, 0.25) is 0 Å². The summed E-state index contributed by atoms with van der Waals surface area (Å²) in [4.78, 5) is 38.1. The molecule has 1 aliphatic rings. The van der Waals surface area contributed by atoms with Crippen molar-refractivity contribution in [1.29, 1.82) is 0 Å². The van der Waals surface area contributed by atoms with Crippen LogP contribution in [0.1, 0.15) is 61.8 Å². The van der Waals surface area contributed by atoms with Crippen molar-refractivity contribution in [3.8, 4) is 0 Å². The monoisotopic (exact) mass is 449 g/mol. The first kappa shape index (κ1) is 25.9. The molecule has 168 valence electrons. The number of thioether (sulfide) groups is 2. The number of carbonyl (C=O) groups is 3. The molecule has 1 unspecified atom stereocenters. The zero-order valence-electron chi connectivity index (χ0n) is 18.7. The molecule has 1 heterocycles. The Hall–Kier alpha value is -1.09. The van der Waals surface area contributed by atoms with Gasteiger partial charge in [0.15, 0.2) is 0 Å². The number of hydrogen-bond donors (Lipinski definition) is 1. The molecule has 0 saturated carbocycles. The van der Waals surface area contributed by atoms with E-state index in [1.54, 1.807) is 46.4 Å². The van der Waals surface area contributed by atoms with Crippen LogP contribution < -0.4 is 0 Å². The Bertz CT molecular complexity index is 597. The molecule has 1 aliphatic heterocycles. The number of amides is 1. The third-order valence-electron chi connectivity index (χ3n) is 3.80. The van der Waals surface area contributed by atoms with Crippen LogP contribution in [0.5, 0.6) is 0 Å². The van der Waals surface area contributed by atoms with E-state index in [0.717, 1.165) is 11.8 Å². The molecular formula is C20H35NO6S2. The Morgan fingerprint density at radius 1 is 1.00 bits per heavy atom. The van der Waals surface area contributed by atoms with Crippen LogP contribution in [0.25, 0.3) is 0 Å². The summed E-state index contributed by atoms with van der Waals surface area (Å²) in [7, 11) is 0. The first-order valence-electron chi connectivity index (χ1n) is 9.83. The second kappa shape index (κ2) is 10.3. The standard InChI is InChI=1S/C20H35NO6S2/c1-12(2)9-13(16(22)23)28-14-10-21(17(24)26-19(3,4)5)11-15(14)29-18(25)27-20(6,7)8/h12-15H,9-11H2,1-8H3,(H,22,23)/t13-,14?,15+/m1/s1. The molecule has 0 bridgehead atoms. The van der Waals surface area contributed by atoms with E-state index in [2.05, 4.69) is 0 Å². The number of carbonyl (C=O) groups excluding carboxylic acids is 2. The predicted molar refractivity (Wildman–Crippen MR) is 118 cm³/mol. The van der Waals surface area contributed by atoms with Crippen LogP contribution in [0.15, 0.2) is 0 Å². The van der Waals surface area contributed by atoms with Gasteiger partial charge in [-0.15, -0.1) is 11.8 Å². The van der Waals surface area contributed by atoms with Crippen LogP contribution >= 0.6 is 23.5 Å². The van der Waals surface area contributed by atoms with E-state index in [9.17, 15) is 19.5 Å². The van der Waals surface area contributed by atoms with Gasteiger partial charge in [0.1, 0.15) is 16.5 Å². The average Bonchev–Trinajstić information content (AvgIpc) is 2.85. The summed E-state index contributed by atoms with van der Waals surface area (Å²) in [6, 6.07) is 0. The van der Waals surface area contributed by atoms with Gasteiger partial charge in [-0.25, -0.2) is 9.59 Å². The molecule has 3 atom stereocenters. The molecule has 1 rings (SSSR count). The summed E-state index contributed by atoms with van der Waals surface area (Å²) < 4.78 is 10.9. The summed E-state index contributed by atoms with van der Waals surface area (Å²) in [6.45, 7) is 15.4. The summed E-state index contributed by atoms with van der Waals surface area (Å²) in [5.74, 6) is -0.649. The van der Waals surface area contributed by atoms with Gasteiger partial charge in [0.2, 0.25) is 0 Å². The van der Waals surface area contributed by atoms with E-state index < -0.39 is 33.8 Å². The van der Waals surface area contributed by atoms with Crippen molar-refractivity contribution in [3.63, 3.8) is 0 Å². The van der Waals surface area contributed by atoms with Gasteiger partial charge in [-0.3, -0.25) is 4.79 Å². The van der Waals surface area contributed by atoms with Gasteiger partial charge >= 0.3 is 17.4 Å². The van der Waals surface area contributed by atoms with Crippen molar-refractivity contribution in [2.75, 3.05) is 13.1 Å². The molecule has 0 aliphatic carbocycles. The Morgan fingerprint density at radius 3 is 1.97 bits per heavy atom. The lowest BCUT2D eigenvalue weighted by atomic mass is 10.1. The number of rotatable bonds is 6. The van der Waals surface area contributed by atoms with Gasteiger partial charge < -0.3 is 19.5 Å². The van der Waals surface area contributed by atoms with E-state index in [1.165, 1.54) is 11.8 Å². The molecule has 1 saturated heterocycles. The zero-order valence-corrected chi connectivity index (χ0v) is 20.3. The van der Waals surface area contributed by atoms with Gasteiger partial charge in [-0.2, -0.15) is 0 Å². The summed E-state index contributed by atoms with van der Waals surface area (Å²) >= 11 is 2.35. The van der Waals surface area contributed by atoms with Crippen molar-refractivity contribution in [3.05, 3.63) is 0 Å². The number of nitrogens with zero attached hydrogens (tertiary/aromatic N) is 1. The highest BCUT2D eigenvalue weighted by molar-refractivity contribution is 8.14. The third kappa shape index (κ3) is 9.98. The van der Waals surface area contributed by atoms with E-state index in [4.69, 9.17) is 9.47 Å². The molecule has 0 spiro atoms. The first-order valence-corrected chi connectivity index (χ1v) is 11.7. The van der Waals surface area contributed by atoms with Crippen LogP contribution in [0.3, 0.4) is 0 Å². The van der Waals surface area contributed by atoms with Crippen molar-refractivity contribution in [2.24, 2.45) is 5.92 Å². The number of carboxylic acids is 1. The lowest BCUT2D eigenvalue weighted by Crippen LogP contribution is -2.36. The molecule has 0 aromatic rings. The largest absolute Gasteiger partial charge is 0.480 e. The van der Waals surface area contributed by atoms with Crippen LogP contribution in [-0.4, -0.2) is 67.4 Å². The second-order valence-electron chi connectivity index (χ2n) is 9.64. The highest BCUT2D eigenvalue weighted by Gasteiger charge is 2.42. The van der Waals surface area contributed by atoms with Crippen molar-refractivity contribution < 1.29 is 29.0 Å².